The summed E-state index contributed by atoms with van der Waals surface area (Å²) in [6, 6.07) is 9.68. The Labute approximate surface area is 149 Å². The highest BCUT2D eigenvalue weighted by atomic mass is 16.5. The van der Waals surface area contributed by atoms with Gasteiger partial charge in [0.1, 0.15) is 5.75 Å². The molecule has 0 aliphatic heterocycles. The second kappa shape index (κ2) is 8.70. The molecule has 0 radical (unpaired) electrons. The van der Waals surface area contributed by atoms with Crippen molar-refractivity contribution in [1.82, 2.24) is 0 Å². The minimum Gasteiger partial charge on any atom is -0.495 e. The molecule has 0 amide bonds. The summed E-state index contributed by atoms with van der Waals surface area (Å²) in [5.41, 5.74) is 2.82. The molecule has 4 heteroatoms. The van der Waals surface area contributed by atoms with Crippen LogP contribution in [0.5, 0.6) is 23.0 Å². The number of benzene rings is 2. The summed E-state index contributed by atoms with van der Waals surface area (Å²) in [5.74, 6) is 8.53. The molecule has 0 aliphatic carbocycles. The van der Waals surface area contributed by atoms with E-state index in [4.69, 9.17) is 18.9 Å². The SMILES string of the molecule is CC#Cc1cc(/C=C\c2cc(OC)c(OC)c(OC)c2)ccc1OC. The van der Waals surface area contributed by atoms with Crippen LogP contribution in [0.15, 0.2) is 30.3 Å². The van der Waals surface area contributed by atoms with Crippen LogP contribution in [-0.2, 0) is 0 Å². The summed E-state index contributed by atoms with van der Waals surface area (Å²) in [7, 11) is 6.43. The van der Waals surface area contributed by atoms with E-state index in [0.29, 0.717) is 17.2 Å². The van der Waals surface area contributed by atoms with Gasteiger partial charge in [0.05, 0.1) is 34.0 Å². The molecule has 0 aliphatic rings. The third-order valence-electron chi connectivity index (χ3n) is 3.64. The molecule has 2 aromatic rings. The largest absolute Gasteiger partial charge is 0.495 e. The van der Waals surface area contributed by atoms with Gasteiger partial charge in [-0.1, -0.05) is 24.1 Å². The van der Waals surface area contributed by atoms with Gasteiger partial charge in [0.2, 0.25) is 5.75 Å². The maximum Gasteiger partial charge on any atom is 0.203 e. The number of hydrogen-bond acceptors (Lipinski definition) is 4. The quantitative estimate of drug-likeness (QED) is 0.582. The van der Waals surface area contributed by atoms with E-state index in [1.807, 2.05) is 42.5 Å². The van der Waals surface area contributed by atoms with E-state index in [0.717, 1.165) is 22.4 Å². The number of ether oxygens (including phenoxy) is 4. The van der Waals surface area contributed by atoms with Crippen molar-refractivity contribution < 1.29 is 18.9 Å². The highest BCUT2D eigenvalue weighted by Crippen LogP contribution is 2.38. The smallest absolute Gasteiger partial charge is 0.203 e. The molecule has 2 aromatic carbocycles. The van der Waals surface area contributed by atoms with Crippen LogP contribution >= 0.6 is 0 Å². The first-order chi connectivity index (χ1) is 12.2. The Kier molecular flexibility index (Phi) is 6.36. The van der Waals surface area contributed by atoms with Crippen molar-refractivity contribution in [2.75, 3.05) is 28.4 Å². The topological polar surface area (TPSA) is 36.9 Å². The van der Waals surface area contributed by atoms with Crippen molar-refractivity contribution in [2.45, 2.75) is 6.92 Å². The summed E-state index contributed by atoms with van der Waals surface area (Å²) in [6.07, 6.45) is 3.98. The fraction of sp³-hybridized carbons (Fsp3) is 0.238. The molecule has 0 bridgehead atoms. The van der Waals surface area contributed by atoms with Crippen LogP contribution in [0.1, 0.15) is 23.6 Å². The second-order valence-corrected chi connectivity index (χ2v) is 5.13. The minimum absolute atomic E-state index is 0.576. The lowest BCUT2D eigenvalue weighted by Crippen LogP contribution is -1.95. The van der Waals surface area contributed by atoms with Gasteiger partial charge in [-0.2, -0.15) is 0 Å². The Morgan fingerprint density at radius 3 is 1.84 bits per heavy atom. The Morgan fingerprint density at radius 2 is 1.32 bits per heavy atom. The number of methoxy groups -OCH3 is 4. The highest BCUT2D eigenvalue weighted by molar-refractivity contribution is 5.73. The summed E-state index contributed by atoms with van der Waals surface area (Å²) in [4.78, 5) is 0. The molecular weight excluding hydrogens is 316 g/mol. The fourth-order valence-electron chi connectivity index (χ4n) is 2.45. The van der Waals surface area contributed by atoms with Crippen LogP contribution in [-0.4, -0.2) is 28.4 Å². The average molecular weight is 338 g/mol. The molecule has 0 atom stereocenters. The summed E-state index contributed by atoms with van der Waals surface area (Å²) in [6.45, 7) is 1.80. The van der Waals surface area contributed by atoms with Crippen molar-refractivity contribution in [3.05, 3.63) is 47.0 Å². The molecule has 0 N–H and O–H groups in total. The highest BCUT2D eigenvalue weighted by Gasteiger charge is 2.12. The zero-order valence-corrected chi connectivity index (χ0v) is 15.2. The molecule has 0 spiro atoms. The molecule has 4 nitrogen and oxygen atoms in total. The average Bonchev–Trinajstić information content (AvgIpc) is 2.65. The lowest BCUT2D eigenvalue weighted by Gasteiger charge is -2.12. The van der Waals surface area contributed by atoms with E-state index in [9.17, 15) is 0 Å². The lowest BCUT2D eigenvalue weighted by atomic mass is 10.1. The lowest BCUT2D eigenvalue weighted by molar-refractivity contribution is 0.324. The molecule has 25 heavy (non-hydrogen) atoms. The Bertz CT molecular complexity index is 801. The van der Waals surface area contributed by atoms with E-state index in [2.05, 4.69) is 11.8 Å². The van der Waals surface area contributed by atoms with Gasteiger partial charge in [-0.05, 0) is 42.3 Å². The first-order valence-corrected chi connectivity index (χ1v) is 7.75. The predicted octanol–water partition coefficient (Wildman–Crippen LogP) is 4.26. The van der Waals surface area contributed by atoms with Gasteiger partial charge < -0.3 is 18.9 Å². The van der Waals surface area contributed by atoms with Gasteiger partial charge in [-0.25, -0.2) is 0 Å². The second-order valence-electron chi connectivity index (χ2n) is 5.13. The number of hydrogen-bond donors (Lipinski definition) is 0. The van der Waals surface area contributed by atoms with Crippen LogP contribution in [0.4, 0.5) is 0 Å². The van der Waals surface area contributed by atoms with Crippen molar-refractivity contribution in [3.8, 4) is 34.8 Å². The van der Waals surface area contributed by atoms with Gasteiger partial charge >= 0.3 is 0 Å². The minimum atomic E-state index is 0.576. The Balaban J connectivity index is 2.38. The van der Waals surface area contributed by atoms with Crippen molar-refractivity contribution in [3.63, 3.8) is 0 Å². The van der Waals surface area contributed by atoms with Crippen molar-refractivity contribution in [2.24, 2.45) is 0 Å². The zero-order valence-electron chi connectivity index (χ0n) is 15.2. The maximum atomic E-state index is 5.38. The summed E-state index contributed by atoms with van der Waals surface area (Å²) in [5, 5.41) is 0. The van der Waals surface area contributed by atoms with Gasteiger partial charge in [0.15, 0.2) is 11.5 Å². The molecule has 0 saturated carbocycles. The van der Waals surface area contributed by atoms with Gasteiger partial charge in [0.25, 0.3) is 0 Å². The molecule has 2 rings (SSSR count). The molecule has 0 saturated heterocycles. The molecule has 130 valence electrons. The van der Waals surface area contributed by atoms with Crippen molar-refractivity contribution in [1.29, 1.82) is 0 Å². The summed E-state index contributed by atoms with van der Waals surface area (Å²) < 4.78 is 21.4. The number of rotatable bonds is 6. The van der Waals surface area contributed by atoms with Gasteiger partial charge in [-0.3, -0.25) is 0 Å². The predicted molar refractivity (Wildman–Crippen MR) is 101 cm³/mol. The molecule has 0 aromatic heterocycles. The van der Waals surface area contributed by atoms with Gasteiger partial charge in [0, 0.05) is 0 Å². The zero-order chi connectivity index (χ0) is 18.2. The van der Waals surface area contributed by atoms with Crippen LogP contribution < -0.4 is 18.9 Å². The van der Waals surface area contributed by atoms with E-state index in [1.54, 1.807) is 35.4 Å². The van der Waals surface area contributed by atoms with Crippen LogP contribution in [0, 0.1) is 11.8 Å². The van der Waals surface area contributed by atoms with Gasteiger partial charge in [-0.15, -0.1) is 5.92 Å². The molecule has 0 unspecified atom stereocenters. The summed E-state index contributed by atoms with van der Waals surface area (Å²) >= 11 is 0. The van der Waals surface area contributed by atoms with Crippen LogP contribution in [0.25, 0.3) is 12.2 Å². The molecule has 0 heterocycles. The van der Waals surface area contributed by atoms with E-state index in [1.165, 1.54) is 0 Å². The Hall–Kier alpha value is -3.06. The standard InChI is InChI=1S/C21H22O4/c1-6-7-17-12-15(10-11-18(17)22-2)8-9-16-13-19(23-3)21(25-5)20(14-16)24-4/h8-14H,1-5H3/b9-8-. The molecule has 0 fully saturated rings. The van der Waals surface area contributed by atoms with E-state index >= 15 is 0 Å². The normalized spacial score (nSPS) is 10.1. The first kappa shape index (κ1) is 18.3. The van der Waals surface area contributed by atoms with Crippen LogP contribution in [0.3, 0.4) is 0 Å². The fourth-order valence-corrected chi connectivity index (χ4v) is 2.45. The van der Waals surface area contributed by atoms with Crippen LogP contribution in [0.2, 0.25) is 0 Å². The first-order valence-electron chi connectivity index (χ1n) is 7.75. The van der Waals surface area contributed by atoms with Crippen molar-refractivity contribution >= 4 is 12.2 Å². The van der Waals surface area contributed by atoms with E-state index in [-0.39, 0.29) is 0 Å². The monoisotopic (exact) mass is 338 g/mol. The maximum absolute atomic E-state index is 5.38. The molecular formula is C21H22O4. The Morgan fingerprint density at radius 1 is 0.720 bits per heavy atom. The third-order valence-corrected chi connectivity index (χ3v) is 3.64. The third kappa shape index (κ3) is 4.27. The van der Waals surface area contributed by atoms with E-state index < -0.39 is 0 Å².